The topological polar surface area (TPSA) is 25.8 Å². The van der Waals surface area contributed by atoms with Crippen LogP contribution in [0.2, 0.25) is 0 Å². The van der Waals surface area contributed by atoms with Crippen molar-refractivity contribution in [3.05, 3.63) is 83.9 Å². The summed E-state index contributed by atoms with van der Waals surface area (Å²) < 4.78 is 0. The number of pyridine rings is 2. The molecule has 0 bridgehead atoms. The van der Waals surface area contributed by atoms with Gasteiger partial charge in [0.05, 0.1) is 22.1 Å². The van der Waals surface area contributed by atoms with Crippen LogP contribution >= 0.6 is 0 Å². The van der Waals surface area contributed by atoms with E-state index in [-0.39, 0.29) is 0 Å². The maximum Gasteiger partial charge on any atom is 0.0722 e. The van der Waals surface area contributed by atoms with Crippen LogP contribution in [0.3, 0.4) is 0 Å². The molecule has 0 unspecified atom stereocenters. The Morgan fingerprint density at radius 3 is 1.37 bits per heavy atom. The van der Waals surface area contributed by atoms with Crippen LogP contribution in [-0.4, -0.2) is 9.97 Å². The van der Waals surface area contributed by atoms with Gasteiger partial charge in [0.25, 0.3) is 0 Å². The molecule has 2 heteroatoms. The summed E-state index contributed by atoms with van der Waals surface area (Å²) in [5.74, 6) is 0. The summed E-state index contributed by atoms with van der Waals surface area (Å²) in [5, 5.41) is 10.1. The number of hydrogen-bond acceptors (Lipinski definition) is 2. The fraction of sp³-hybridized carbons (Fsp3) is 0.0714. The Kier molecular flexibility index (Phi) is 2.91. The predicted octanol–water partition coefficient (Wildman–Crippen LogP) is 7.45. The van der Waals surface area contributed by atoms with Crippen molar-refractivity contribution in [3.8, 4) is 0 Å². The highest BCUT2D eigenvalue weighted by atomic mass is 14.7. The third-order valence-corrected chi connectivity index (χ3v) is 6.45. The Hall–Kier alpha value is -3.78. The maximum absolute atomic E-state index is 5.04. The third kappa shape index (κ3) is 1.93. The molecule has 0 aliphatic heterocycles. The lowest BCUT2D eigenvalue weighted by atomic mass is 9.88. The highest BCUT2D eigenvalue weighted by molar-refractivity contribution is 6.40. The van der Waals surface area contributed by atoms with E-state index in [1.54, 1.807) is 0 Å². The Morgan fingerprint density at radius 1 is 0.433 bits per heavy atom. The molecule has 0 aliphatic carbocycles. The molecular weight excluding hydrogens is 364 g/mol. The fourth-order valence-corrected chi connectivity index (χ4v) is 5.19. The summed E-state index contributed by atoms with van der Waals surface area (Å²) in [6, 6.07) is 26.2. The first kappa shape index (κ1) is 16.1. The van der Waals surface area contributed by atoms with Gasteiger partial charge in [-0.2, -0.15) is 0 Å². The van der Waals surface area contributed by atoms with E-state index in [2.05, 4.69) is 86.6 Å². The van der Waals surface area contributed by atoms with Crippen LogP contribution in [0.15, 0.2) is 72.8 Å². The van der Waals surface area contributed by atoms with Crippen molar-refractivity contribution >= 4 is 65.2 Å². The first-order chi connectivity index (χ1) is 14.7. The summed E-state index contributed by atoms with van der Waals surface area (Å²) in [4.78, 5) is 10.1. The lowest BCUT2D eigenvalue weighted by Crippen LogP contribution is -1.94. The van der Waals surface area contributed by atoms with Crippen LogP contribution in [0.1, 0.15) is 11.1 Å². The molecule has 30 heavy (non-hydrogen) atoms. The van der Waals surface area contributed by atoms with Crippen molar-refractivity contribution in [2.45, 2.75) is 13.8 Å². The molecule has 2 heterocycles. The second-order valence-corrected chi connectivity index (χ2v) is 8.41. The van der Waals surface area contributed by atoms with Gasteiger partial charge in [-0.25, -0.2) is 9.97 Å². The molecule has 0 saturated heterocycles. The average Bonchev–Trinajstić information content (AvgIpc) is 2.76. The van der Waals surface area contributed by atoms with Crippen LogP contribution < -0.4 is 0 Å². The molecule has 5 aromatic carbocycles. The Balaban J connectivity index is 1.94. The zero-order valence-corrected chi connectivity index (χ0v) is 16.8. The normalized spacial score (nSPS) is 12.3. The van der Waals surface area contributed by atoms with Crippen LogP contribution in [0.25, 0.3) is 65.2 Å². The van der Waals surface area contributed by atoms with E-state index in [9.17, 15) is 0 Å². The largest absolute Gasteiger partial charge is 0.248 e. The number of rotatable bonds is 0. The van der Waals surface area contributed by atoms with Gasteiger partial charge >= 0.3 is 0 Å². The van der Waals surface area contributed by atoms with Gasteiger partial charge in [-0.1, -0.05) is 47.5 Å². The van der Waals surface area contributed by atoms with Gasteiger partial charge in [0.15, 0.2) is 0 Å². The van der Waals surface area contributed by atoms with Gasteiger partial charge in [-0.05, 0) is 61.0 Å². The standard InChI is InChI=1S/C28H18N2/c1-15-9-11-21-19(13-15)25-17-5-3-8-24-28(17)26(18-6-4-7-23(29-21)27(18)25)20-14-16(2)10-12-22(20)30-24/h3-14H,1-2H3. The van der Waals surface area contributed by atoms with Crippen molar-refractivity contribution in [1.82, 2.24) is 9.97 Å². The molecule has 0 saturated carbocycles. The van der Waals surface area contributed by atoms with Gasteiger partial charge in [-0.3, -0.25) is 0 Å². The van der Waals surface area contributed by atoms with Crippen molar-refractivity contribution < 1.29 is 0 Å². The minimum atomic E-state index is 1.05. The number of fused-ring (bicyclic) bond motifs is 6. The van der Waals surface area contributed by atoms with Crippen molar-refractivity contribution in [1.29, 1.82) is 0 Å². The minimum Gasteiger partial charge on any atom is -0.248 e. The molecule has 7 aromatic rings. The zero-order valence-electron chi connectivity index (χ0n) is 16.8. The maximum atomic E-state index is 5.04. The lowest BCUT2D eigenvalue weighted by Gasteiger charge is -2.17. The van der Waals surface area contributed by atoms with E-state index in [0.29, 0.717) is 0 Å². The predicted molar refractivity (Wildman–Crippen MR) is 128 cm³/mol. The molecule has 2 aromatic heterocycles. The molecule has 2 nitrogen and oxygen atoms in total. The van der Waals surface area contributed by atoms with Gasteiger partial charge < -0.3 is 0 Å². The summed E-state index contributed by atoms with van der Waals surface area (Å²) in [5.41, 5.74) is 6.71. The molecule has 0 spiro atoms. The van der Waals surface area contributed by atoms with Crippen molar-refractivity contribution in [2.75, 3.05) is 0 Å². The second-order valence-electron chi connectivity index (χ2n) is 8.41. The summed E-state index contributed by atoms with van der Waals surface area (Å²) >= 11 is 0. The van der Waals surface area contributed by atoms with Crippen LogP contribution in [0.4, 0.5) is 0 Å². The minimum absolute atomic E-state index is 1.05. The smallest absolute Gasteiger partial charge is 0.0722 e. The average molecular weight is 382 g/mol. The molecule has 0 aliphatic rings. The first-order valence-corrected chi connectivity index (χ1v) is 10.4. The van der Waals surface area contributed by atoms with Gasteiger partial charge in [0.2, 0.25) is 0 Å². The fourth-order valence-electron chi connectivity index (χ4n) is 5.19. The van der Waals surface area contributed by atoms with E-state index in [0.717, 1.165) is 22.1 Å². The van der Waals surface area contributed by atoms with E-state index in [1.165, 1.54) is 54.2 Å². The highest BCUT2D eigenvalue weighted by Crippen LogP contribution is 2.44. The lowest BCUT2D eigenvalue weighted by molar-refractivity contribution is 1.46. The zero-order chi connectivity index (χ0) is 20.0. The van der Waals surface area contributed by atoms with Gasteiger partial charge in [0, 0.05) is 32.3 Å². The molecule has 140 valence electrons. The van der Waals surface area contributed by atoms with E-state index in [4.69, 9.17) is 9.97 Å². The van der Waals surface area contributed by atoms with Gasteiger partial charge in [0.1, 0.15) is 0 Å². The number of benzene rings is 5. The third-order valence-electron chi connectivity index (χ3n) is 6.45. The van der Waals surface area contributed by atoms with Crippen LogP contribution in [0.5, 0.6) is 0 Å². The molecule has 0 radical (unpaired) electrons. The summed E-state index contributed by atoms with van der Waals surface area (Å²) in [7, 11) is 0. The molecule has 0 fully saturated rings. The van der Waals surface area contributed by atoms with E-state index in [1.807, 2.05) is 0 Å². The van der Waals surface area contributed by atoms with Crippen molar-refractivity contribution in [3.63, 3.8) is 0 Å². The number of aryl methyl sites for hydroxylation is 2. The highest BCUT2D eigenvalue weighted by Gasteiger charge is 2.18. The summed E-state index contributed by atoms with van der Waals surface area (Å²) in [6.07, 6.45) is 0. The van der Waals surface area contributed by atoms with Crippen LogP contribution in [0, 0.1) is 13.8 Å². The molecule has 0 amide bonds. The molecular formula is C28H18N2. The Labute approximate surface area is 173 Å². The monoisotopic (exact) mass is 382 g/mol. The van der Waals surface area contributed by atoms with Crippen molar-refractivity contribution in [2.24, 2.45) is 0 Å². The second kappa shape index (κ2) is 5.43. The molecule has 7 rings (SSSR count). The van der Waals surface area contributed by atoms with E-state index >= 15 is 0 Å². The van der Waals surface area contributed by atoms with Crippen LogP contribution in [-0.2, 0) is 0 Å². The SMILES string of the molecule is Cc1ccc2nc3cccc4c3c(c2c1)c1cccc2nc3ccc(C)cc3c4c21. The Morgan fingerprint density at radius 2 is 0.900 bits per heavy atom. The molecule has 0 atom stereocenters. The first-order valence-electron chi connectivity index (χ1n) is 10.4. The number of aromatic nitrogens is 2. The quantitative estimate of drug-likeness (QED) is 0.201. The number of hydrogen-bond donors (Lipinski definition) is 0. The van der Waals surface area contributed by atoms with E-state index < -0.39 is 0 Å². The number of nitrogens with zero attached hydrogens (tertiary/aromatic N) is 2. The summed E-state index contributed by atoms with van der Waals surface area (Å²) in [6.45, 7) is 4.30. The Bertz CT molecular complexity index is 1680. The molecule has 0 N–H and O–H groups in total. The van der Waals surface area contributed by atoms with Gasteiger partial charge in [-0.15, -0.1) is 0 Å².